The van der Waals surface area contributed by atoms with Gasteiger partial charge in [-0.1, -0.05) is 34.9 Å². The summed E-state index contributed by atoms with van der Waals surface area (Å²) in [6.45, 7) is 16.5. The van der Waals surface area contributed by atoms with Gasteiger partial charge in [0.05, 0.1) is 25.6 Å². The van der Waals surface area contributed by atoms with E-state index >= 15 is 0 Å². The van der Waals surface area contributed by atoms with E-state index in [4.69, 9.17) is 14.1 Å². The van der Waals surface area contributed by atoms with Crippen molar-refractivity contribution in [2.75, 3.05) is 19.6 Å². The molecule has 33 heavy (non-hydrogen) atoms. The van der Waals surface area contributed by atoms with E-state index in [1.165, 1.54) is 11.1 Å². The fourth-order valence-electron chi connectivity index (χ4n) is 2.33. The number of carbonyl (C=O) groups is 2. The molecule has 1 atom stereocenters. The molecule has 184 valence electrons. The Morgan fingerprint density at radius 2 is 1.52 bits per heavy atom. The third-order valence-electron chi connectivity index (χ3n) is 4.30. The van der Waals surface area contributed by atoms with Crippen LogP contribution in [0.2, 0.25) is 0 Å². The Kier molecular flexibility index (Phi) is 18.5. The molecule has 0 fully saturated rings. The number of hydrogen-bond acceptors (Lipinski definition) is 6. The first-order chi connectivity index (χ1) is 14.7. The number of allylic oxidation sites excluding steroid dienone is 5. The summed E-state index contributed by atoms with van der Waals surface area (Å²) in [5.74, 6) is -1.12. The Balaban J connectivity index is 0. The minimum absolute atomic E-state index is 0. The van der Waals surface area contributed by atoms with Crippen LogP contribution in [0.5, 0.6) is 0 Å². The maximum atomic E-state index is 12.2. The Hall–Kier alpha value is -0.690. The summed E-state index contributed by atoms with van der Waals surface area (Å²) in [6.07, 6.45) is 9.92. The van der Waals surface area contributed by atoms with E-state index in [1.54, 1.807) is 20.8 Å². The average molecular weight is 494 g/mol. The Morgan fingerprint density at radius 3 is 2.06 bits per heavy atom. The van der Waals surface area contributed by atoms with Gasteiger partial charge in [0, 0.05) is 0 Å². The third kappa shape index (κ3) is 20.4. The molecule has 0 rings (SSSR count). The maximum absolute atomic E-state index is 12.2. The molecular weight excluding hydrogens is 452 g/mol. The number of rotatable bonds is 14. The maximum Gasteiger partial charge on any atom is 1.00 e. The first-order valence-corrected chi connectivity index (χ1v) is 12.8. The van der Waals surface area contributed by atoms with Gasteiger partial charge in [-0.15, -0.1) is 0 Å². The molecule has 0 aromatic carbocycles. The van der Waals surface area contributed by atoms with Crippen LogP contribution in [-0.2, 0) is 28.3 Å². The summed E-state index contributed by atoms with van der Waals surface area (Å²) in [7, 11) is -3.51. The average Bonchev–Trinajstić information content (AvgIpc) is 2.63. The summed E-state index contributed by atoms with van der Waals surface area (Å²) in [5.41, 5.74) is 5.40. The van der Waals surface area contributed by atoms with E-state index in [-0.39, 0.29) is 36.2 Å². The SMILES string of the molecule is [CH2-]P(=O)(CC(=O)NOC/C=C(\C)CC/C=C(\C)CCC=C(C)C)OCOC(=O)C(C)(C)C.[Na+]. The molecule has 0 aromatic rings. The van der Waals surface area contributed by atoms with Crippen LogP contribution < -0.4 is 35.0 Å². The number of hydrogen-bond donors (Lipinski definition) is 1. The van der Waals surface area contributed by atoms with Gasteiger partial charge in [0.1, 0.15) is 0 Å². The number of nitrogens with one attached hydrogen (secondary N) is 1. The molecule has 0 aliphatic rings. The second kappa shape index (κ2) is 17.7. The van der Waals surface area contributed by atoms with Crippen LogP contribution >= 0.6 is 7.37 Å². The number of ether oxygens (including phenoxy) is 1. The quantitative estimate of drug-likeness (QED) is 0.0585. The van der Waals surface area contributed by atoms with Crippen molar-refractivity contribution >= 4 is 19.2 Å². The van der Waals surface area contributed by atoms with Crippen molar-refractivity contribution in [3.05, 3.63) is 41.6 Å². The van der Waals surface area contributed by atoms with Gasteiger partial charge in [-0.3, -0.25) is 21.1 Å². The van der Waals surface area contributed by atoms with E-state index in [0.29, 0.717) is 0 Å². The normalized spacial score (nSPS) is 14.1. The van der Waals surface area contributed by atoms with E-state index in [9.17, 15) is 14.2 Å². The van der Waals surface area contributed by atoms with E-state index in [1.807, 2.05) is 13.0 Å². The summed E-state index contributed by atoms with van der Waals surface area (Å²) in [5, 5.41) is 0. The second-order valence-corrected chi connectivity index (χ2v) is 11.4. The van der Waals surface area contributed by atoms with Crippen LogP contribution in [0.4, 0.5) is 0 Å². The molecule has 7 nitrogen and oxygen atoms in total. The van der Waals surface area contributed by atoms with Gasteiger partial charge in [-0.25, -0.2) is 5.48 Å². The van der Waals surface area contributed by atoms with Gasteiger partial charge in [0.2, 0.25) is 0 Å². The van der Waals surface area contributed by atoms with Gasteiger partial charge in [-0.05, 0) is 74.1 Å². The molecule has 1 N–H and O–H groups in total. The van der Waals surface area contributed by atoms with Crippen molar-refractivity contribution in [3.63, 3.8) is 0 Å². The van der Waals surface area contributed by atoms with Gasteiger partial charge in [0.25, 0.3) is 5.91 Å². The number of carbonyl (C=O) groups excluding carboxylic acids is 2. The first kappa shape index (κ1) is 34.5. The fourth-order valence-corrected chi connectivity index (χ4v) is 3.17. The Labute approximate surface area is 222 Å². The molecule has 1 amide bonds. The van der Waals surface area contributed by atoms with Gasteiger partial charge >= 0.3 is 35.5 Å². The molecule has 0 saturated heterocycles. The van der Waals surface area contributed by atoms with Crippen molar-refractivity contribution in [2.24, 2.45) is 5.41 Å². The topological polar surface area (TPSA) is 90.9 Å². The molecule has 0 aliphatic heterocycles. The van der Waals surface area contributed by atoms with Crippen LogP contribution in [0.1, 0.15) is 74.1 Å². The predicted molar refractivity (Wildman–Crippen MR) is 129 cm³/mol. The largest absolute Gasteiger partial charge is 1.00 e. The van der Waals surface area contributed by atoms with Crippen LogP contribution in [0.25, 0.3) is 0 Å². The van der Waals surface area contributed by atoms with Crippen LogP contribution in [-0.4, -0.2) is 31.4 Å². The molecule has 0 spiro atoms. The molecule has 0 bridgehead atoms. The molecule has 9 heteroatoms. The summed E-state index contributed by atoms with van der Waals surface area (Å²) in [4.78, 5) is 28.6. The minimum atomic E-state index is -3.51. The number of esters is 1. The van der Waals surface area contributed by atoms with Gasteiger partial charge in [-0.2, -0.15) is 0 Å². The molecule has 0 radical (unpaired) electrons. The summed E-state index contributed by atoms with van der Waals surface area (Å²) >= 11 is 0. The Bertz CT molecular complexity index is 749. The standard InChI is InChI=1S/C24H41NO6P.Na/c1-19(2)11-9-12-20(3)13-10-14-21(4)15-16-30-25-22(26)17-32(8,28)31-18-29-23(27)24(5,6)7;/h11,13,15H,8-10,12,14,16-18H2,1-7H3,(H,25,26);/q-1;+1/b20-13+,21-15+;. The second-order valence-electron chi connectivity index (χ2n) is 9.20. The number of amides is 1. The predicted octanol–water partition coefficient (Wildman–Crippen LogP) is 3.09. The first-order valence-electron chi connectivity index (χ1n) is 10.8. The minimum Gasteiger partial charge on any atom is -0.438 e. The van der Waals surface area contributed by atoms with Crippen LogP contribution in [0, 0.1) is 12.1 Å². The van der Waals surface area contributed by atoms with E-state index in [0.717, 1.165) is 31.3 Å². The molecule has 0 aliphatic carbocycles. The van der Waals surface area contributed by atoms with Crippen molar-refractivity contribution < 1.29 is 57.8 Å². The van der Waals surface area contributed by atoms with Gasteiger partial charge < -0.3 is 13.8 Å². The molecule has 0 heterocycles. The van der Waals surface area contributed by atoms with E-state index < -0.39 is 37.6 Å². The van der Waals surface area contributed by atoms with Crippen LogP contribution in [0.15, 0.2) is 34.9 Å². The smallest absolute Gasteiger partial charge is 0.438 e. The van der Waals surface area contributed by atoms with Crippen molar-refractivity contribution in [1.82, 2.24) is 5.48 Å². The summed E-state index contributed by atoms with van der Waals surface area (Å²) in [6, 6.07) is 0. The van der Waals surface area contributed by atoms with Crippen molar-refractivity contribution in [1.29, 1.82) is 0 Å². The fraction of sp³-hybridized carbons (Fsp3) is 0.625. The third-order valence-corrected chi connectivity index (χ3v) is 5.64. The summed E-state index contributed by atoms with van der Waals surface area (Å²) < 4.78 is 22.1. The molecule has 1 unspecified atom stereocenters. The van der Waals surface area contributed by atoms with Crippen molar-refractivity contribution in [3.8, 4) is 0 Å². The monoisotopic (exact) mass is 493 g/mol. The zero-order chi connectivity index (χ0) is 24.8. The number of hydroxylamine groups is 1. The zero-order valence-electron chi connectivity index (χ0n) is 21.8. The van der Waals surface area contributed by atoms with E-state index in [2.05, 4.69) is 45.1 Å². The zero-order valence-corrected chi connectivity index (χ0v) is 24.7. The Morgan fingerprint density at radius 1 is 0.970 bits per heavy atom. The van der Waals surface area contributed by atoms with Gasteiger partial charge in [0.15, 0.2) is 6.79 Å². The molecular formula is C24H41NNaO6P. The van der Waals surface area contributed by atoms with Crippen LogP contribution in [0.3, 0.4) is 0 Å². The molecule has 0 aromatic heterocycles. The van der Waals surface area contributed by atoms with Crippen molar-refractivity contribution in [2.45, 2.75) is 74.1 Å². The molecule has 0 saturated carbocycles.